The number of amides is 2. The molecule has 5 nitrogen and oxygen atoms in total. The summed E-state index contributed by atoms with van der Waals surface area (Å²) in [5.41, 5.74) is 2.10. The third-order valence-corrected chi connectivity index (χ3v) is 4.50. The van der Waals surface area contributed by atoms with Gasteiger partial charge in [0.15, 0.2) is 6.61 Å². The van der Waals surface area contributed by atoms with E-state index in [9.17, 15) is 9.59 Å². The van der Waals surface area contributed by atoms with E-state index in [1.54, 1.807) is 36.2 Å². The molecule has 2 aromatic carbocycles. The summed E-state index contributed by atoms with van der Waals surface area (Å²) < 4.78 is 5.59. The first-order valence-corrected chi connectivity index (χ1v) is 9.27. The second kappa shape index (κ2) is 9.97. The normalized spacial score (nSPS) is 11.6. The molecule has 2 amide bonds. The second-order valence-corrected chi connectivity index (χ2v) is 6.73. The number of halogens is 1. The summed E-state index contributed by atoms with van der Waals surface area (Å²) in [5.74, 6) is 0.0610. The minimum absolute atomic E-state index is 0.167. The molecule has 0 fully saturated rings. The average Bonchev–Trinajstić information content (AvgIpc) is 2.67. The fourth-order valence-electron chi connectivity index (χ4n) is 2.76. The first-order valence-electron chi connectivity index (χ1n) is 8.89. The number of carbonyl (C=O) groups is 2. The highest BCUT2D eigenvalue weighted by Gasteiger charge is 2.28. The number of ether oxygens (including phenoxy) is 1. The lowest BCUT2D eigenvalue weighted by molar-refractivity contribution is -0.142. The molecule has 0 aliphatic carbocycles. The molecule has 0 heterocycles. The quantitative estimate of drug-likeness (QED) is 0.751. The Hall–Kier alpha value is -2.53. The first-order chi connectivity index (χ1) is 12.9. The van der Waals surface area contributed by atoms with Crippen LogP contribution in [-0.4, -0.2) is 36.4 Å². The van der Waals surface area contributed by atoms with E-state index in [1.165, 1.54) is 0 Å². The Labute approximate surface area is 165 Å². The van der Waals surface area contributed by atoms with Crippen LogP contribution in [-0.2, 0) is 16.1 Å². The van der Waals surface area contributed by atoms with Gasteiger partial charge in [0.1, 0.15) is 11.8 Å². The summed E-state index contributed by atoms with van der Waals surface area (Å²) in [5, 5.41) is 3.17. The lowest BCUT2D eigenvalue weighted by Crippen LogP contribution is -2.49. The lowest BCUT2D eigenvalue weighted by atomic mass is 10.1. The maximum Gasteiger partial charge on any atom is 0.261 e. The van der Waals surface area contributed by atoms with Crippen LogP contribution in [0.3, 0.4) is 0 Å². The van der Waals surface area contributed by atoms with Crippen LogP contribution < -0.4 is 10.1 Å². The highest BCUT2D eigenvalue weighted by Crippen LogP contribution is 2.18. The van der Waals surface area contributed by atoms with Crippen LogP contribution in [0.4, 0.5) is 0 Å². The first kappa shape index (κ1) is 20.8. The third kappa shape index (κ3) is 6.00. The summed E-state index contributed by atoms with van der Waals surface area (Å²) in [6, 6.07) is 14.2. The highest BCUT2D eigenvalue weighted by atomic mass is 35.5. The van der Waals surface area contributed by atoms with E-state index < -0.39 is 6.04 Å². The largest absolute Gasteiger partial charge is 0.484 e. The van der Waals surface area contributed by atoms with Gasteiger partial charge >= 0.3 is 0 Å². The molecule has 2 aromatic rings. The van der Waals surface area contributed by atoms with E-state index in [1.807, 2.05) is 38.1 Å². The topological polar surface area (TPSA) is 58.6 Å². The van der Waals surface area contributed by atoms with Gasteiger partial charge in [0, 0.05) is 18.6 Å². The highest BCUT2D eigenvalue weighted by molar-refractivity contribution is 6.30. The minimum atomic E-state index is -0.563. The molecule has 0 radical (unpaired) electrons. The molecule has 0 saturated carbocycles. The number of rotatable bonds is 8. The predicted octanol–water partition coefficient (Wildman–Crippen LogP) is 3.58. The zero-order valence-corrected chi connectivity index (χ0v) is 16.6. The molecule has 6 heteroatoms. The van der Waals surface area contributed by atoms with Crippen LogP contribution in [0.5, 0.6) is 5.75 Å². The number of carbonyl (C=O) groups excluding carboxylic acids is 2. The van der Waals surface area contributed by atoms with E-state index >= 15 is 0 Å². The molecule has 27 heavy (non-hydrogen) atoms. The fraction of sp³-hybridized carbons (Fsp3) is 0.333. The summed E-state index contributed by atoms with van der Waals surface area (Å²) in [6.07, 6.45) is 0.508. The second-order valence-electron chi connectivity index (χ2n) is 6.29. The molecule has 0 aliphatic heterocycles. The standard InChI is InChI=1S/C21H25ClN2O3/c1-4-19(21(26)23-3)24(13-16-10-8-15(2)9-11-16)20(25)14-27-18-7-5-6-17(22)12-18/h5-12,19H,4,13-14H2,1-3H3,(H,23,26)/t19-/m1/s1. The SMILES string of the molecule is CC[C@H](C(=O)NC)N(Cc1ccc(C)cc1)C(=O)COc1cccc(Cl)c1. The number of benzene rings is 2. The van der Waals surface area contributed by atoms with Crippen molar-refractivity contribution < 1.29 is 14.3 Å². The van der Waals surface area contributed by atoms with Crippen molar-refractivity contribution in [2.45, 2.75) is 32.9 Å². The summed E-state index contributed by atoms with van der Waals surface area (Å²) in [4.78, 5) is 26.7. The molecule has 0 saturated heterocycles. The Balaban J connectivity index is 2.17. The number of aryl methyl sites for hydroxylation is 1. The van der Waals surface area contributed by atoms with E-state index in [-0.39, 0.29) is 18.4 Å². The molecular formula is C21H25ClN2O3. The number of hydrogen-bond acceptors (Lipinski definition) is 3. The Morgan fingerprint density at radius 3 is 2.48 bits per heavy atom. The zero-order valence-electron chi connectivity index (χ0n) is 15.9. The van der Waals surface area contributed by atoms with Crippen LogP contribution in [0.15, 0.2) is 48.5 Å². The van der Waals surface area contributed by atoms with Crippen molar-refractivity contribution in [2.75, 3.05) is 13.7 Å². The number of hydrogen-bond donors (Lipinski definition) is 1. The maximum absolute atomic E-state index is 12.9. The molecular weight excluding hydrogens is 364 g/mol. The van der Waals surface area contributed by atoms with Gasteiger partial charge in [0.25, 0.3) is 5.91 Å². The average molecular weight is 389 g/mol. The van der Waals surface area contributed by atoms with Crippen molar-refractivity contribution in [3.63, 3.8) is 0 Å². The van der Waals surface area contributed by atoms with Crippen molar-refractivity contribution in [1.29, 1.82) is 0 Å². The minimum Gasteiger partial charge on any atom is -0.484 e. The summed E-state index contributed by atoms with van der Waals surface area (Å²) in [7, 11) is 1.57. The van der Waals surface area contributed by atoms with Gasteiger partial charge in [-0.3, -0.25) is 9.59 Å². The molecule has 2 rings (SSSR count). The number of nitrogens with zero attached hydrogens (tertiary/aromatic N) is 1. The van der Waals surface area contributed by atoms with Gasteiger partial charge in [-0.15, -0.1) is 0 Å². The molecule has 144 valence electrons. The van der Waals surface area contributed by atoms with Crippen LogP contribution in [0, 0.1) is 6.92 Å². The number of likely N-dealkylation sites (N-methyl/N-ethyl adjacent to an activating group) is 1. The van der Waals surface area contributed by atoms with Crippen molar-refractivity contribution in [3.8, 4) is 5.75 Å². The Morgan fingerprint density at radius 2 is 1.89 bits per heavy atom. The molecule has 1 N–H and O–H groups in total. The molecule has 0 aliphatic rings. The monoisotopic (exact) mass is 388 g/mol. The van der Waals surface area contributed by atoms with Crippen LogP contribution in [0.1, 0.15) is 24.5 Å². The van der Waals surface area contributed by atoms with E-state index in [0.717, 1.165) is 11.1 Å². The molecule has 1 atom stereocenters. The summed E-state index contributed by atoms with van der Waals surface area (Å²) >= 11 is 5.95. The Bertz CT molecular complexity index is 777. The van der Waals surface area contributed by atoms with Gasteiger partial charge in [0.05, 0.1) is 0 Å². The molecule has 0 unspecified atom stereocenters. The van der Waals surface area contributed by atoms with Crippen LogP contribution in [0.2, 0.25) is 5.02 Å². The molecule has 0 spiro atoms. The summed E-state index contributed by atoms with van der Waals surface area (Å²) in [6.45, 7) is 4.06. The fourth-order valence-corrected chi connectivity index (χ4v) is 2.94. The molecule has 0 bridgehead atoms. The number of nitrogens with one attached hydrogen (secondary N) is 1. The van der Waals surface area contributed by atoms with Crippen molar-refractivity contribution in [2.24, 2.45) is 0 Å². The van der Waals surface area contributed by atoms with Gasteiger partial charge in [-0.2, -0.15) is 0 Å². The van der Waals surface area contributed by atoms with Crippen molar-refractivity contribution in [1.82, 2.24) is 10.2 Å². The predicted molar refractivity (Wildman–Crippen MR) is 107 cm³/mol. The molecule has 0 aromatic heterocycles. The van der Waals surface area contributed by atoms with Crippen LogP contribution in [0.25, 0.3) is 0 Å². The van der Waals surface area contributed by atoms with Crippen LogP contribution >= 0.6 is 11.6 Å². The van der Waals surface area contributed by atoms with Crippen molar-refractivity contribution >= 4 is 23.4 Å². The third-order valence-electron chi connectivity index (χ3n) is 4.26. The Kier molecular flexibility index (Phi) is 7.67. The lowest BCUT2D eigenvalue weighted by Gasteiger charge is -2.30. The van der Waals surface area contributed by atoms with Gasteiger partial charge in [0.2, 0.25) is 5.91 Å². The van der Waals surface area contributed by atoms with E-state index in [0.29, 0.717) is 23.7 Å². The van der Waals surface area contributed by atoms with Crippen molar-refractivity contribution in [3.05, 3.63) is 64.7 Å². The zero-order chi connectivity index (χ0) is 19.8. The van der Waals surface area contributed by atoms with Gasteiger partial charge in [-0.1, -0.05) is 54.4 Å². The van der Waals surface area contributed by atoms with Gasteiger partial charge < -0.3 is 15.0 Å². The smallest absolute Gasteiger partial charge is 0.261 e. The van der Waals surface area contributed by atoms with E-state index in [4.69, 9.17) is 16.3 Å². The van der Waals surface area contributed by atoms with Gasteiger partial charge in [-0.05, 0) is 37.1 Å². The Morgan fingerprint density at radius 1 is 1.19 bits per heavy atom. The maximum atomic E-state index is 12.9. The van der Waals surface area contributed by atoms with E-state index in [2.05, 4.69) is 5.32 Å². The van der Waals surface area contributed by atoms with Gasteiger partial charge in [-0.25, -0.2) is 0 Å².